The van der Waals surface area contributed by atoms with Crippen molar-refractivity contribution in [2.24, 2.45) is 0 Å². The van der Waals surface area contributed by atoms with Crippen LogP contribution in [0.3, 0.4) is 0 Å². The SMILES string of the molecule is COc1nc(C)nc(NC(=O)N(C)S(=O)(=O)c2[nH]ncc2C2CCOC2=O)n1. The molecule has 2 aromatic rings. The van der Waals surface area contributed by atoms with Gasteiger partial charge in [-0.1, -0.05) is 0 Å². The Bertz CT molecular complexity index is 1020. The van der Waals surface area contributed by atoms with E-state index in [4.69, 9.17) is 9.47 Å². The van der Waals surface area contributed by atoms with Crippen molar-refractivity contribution in [1.29, 1.82) is 0 Å². The lowest BCUT2D eigenvalue weighted by Crippen LogP contribution is -2.37. The van der Waals surface area contributed by atoms with Crippen LogP contribution in [0.25, 0.3) is 0 Å². The number of amides is 2. The van der Waals surface area contributed by atoms with Crippen molar-refractivity contribution in [2.45, 2.75) is 24.3 Å². The van der Waals surface area contributed by atoms with Crippen LogP contribution >= 0.6 is 0 Å². The van der Waals surface area contributed by atoms with E-state index in [1.54, 1.807) is 6.92 Å². The number of sulfonamides is 1. The monoisotopic (exact) mass is 411 g/mol. The molecular formula is C14H17N7O6S. The molecule has 0 bridgehead atoms. The maximum Gasteiger partial charge on any atom is 0.337 e. The second-order valence-corrected chi connectivity index (χ2v) is 7.66. The highest BCUT2D eigenvalue weighted by Crippen LogP contribution is 2.31. The van der Waals surface area contributed by atoms with E-state index in [-0.39, 0.29) is 35.0 Å². The van der Waals surface area contributed by atoms with E-state index in [2.05, 4.69) is 30.5 Å². The third-order valence-corrected chi connectivity index (χ3v) is 5.70. The number of esters is 1. The molecule has 0 aromatic carbocycles. The number of hydrogen-bond acceptors (Lipinski definition) is 10. The van der Waals surface area contributed by atoms with Gasteiger partial charge in [-0.2, -0.15) is 28.5 Å². The first kappa shape index (κ1) is 19.5. The van der Waals surface area contributed by atoms with Crippen molar-refractivity contribution in [3.8, 4) is 6.01 Å². The molecule has 2 aromatic heterocycles. The van der Waals surface area contributed by atoms with E-state index in [1.165, 1.54) is 13.3 Å². The third-order valence-electron chi connectivity index (χ3n) is 3.98. The van der Waals surface area contributed by atoms with Crippen molar-refractivity contribution in [1.82, 2.24) is 29.5 Å². The summed E-state index contributed by atoms with van der Waals surface area (Å²) in [6.45, 7) is 1.74. The summed E-state index contributed by atoms with van der Waals surface area (Å²) in [5.41, 5.74) is 0.139. The van der Waals surface area contributed by atoms with Gasteiger partial charge < -0.3 is 9.47 Å². The zero-order valence-corrected chi connectivity index (χ0v) is 16.0. The topological polar surface area (TPSA) is 169 Å². The molecule has 1 fully saturated rings. The van der Waals surface area contributed by atoms with E-state index in [0.29, 0.717) is 10.7 Å². The molecule has 14 heteroatoms. The minimum absolute atomic E-state index is 0.0380. The van der Waals surface area contributed by atoms with Crippen molar-refractivity contribution < 1.29 is 27.5 Å². The number of aromatic nitrogens is 5. The van der Waals surface area contributed by atoms with Crippen molar-refractivity contribution >= 4 is 28.0 Å². The van der Waals surface area contributed by atoms with Crippen molar-refractivity contribution in [3.05, 3.63) is 17.6 Å². The maximum atomic E-state index is 12.9. The number of aromatic amines is 1. The van der Waals surface area contributed by atoms with Crippen LogP contribution in [0.1, 0.15) is 23.7 Å². The smallest absolute Gasteiger partial charge is 0.337 e. The first-order valence-electron chi connectivity index (χ1n) is 8.00. The fourth-order valence-electron chi connectivity index (χ4n) is 2.54. The van der Waals surface area contributed by atoms with Crippen LogP contribution in [0.15, 0.2) is 11.2 Å². The van der Waals surface area contributed by atoms with Gasteiger partial charge in [-0.3, -0.25) is 15.2 Å². The lowest BCUT2D eigenvalue weighted by molar-refractivity contribution is -0.139. The maximum absolute atomic E-state index is 12.9. The van der Waals surface area contributed by atoms with Crippen LogP contribution in [0, 0.1) is 6.92 Å². The number of carbonyl (C=O) groups excluding carboxylic acids is 2. The third kappa shape index (κ3) is 3.58. The van der Waals surface area contributed by atoms with Crippen LogP contribution in [-0.4, -0.2) is 70.6 Å². The molecule has 1 unspecified atom stereocenters. The van der Waals surface area contributed by atoms with Gasteiger partial charge in [0.15, 0.2) is 5.03 Å². The number of carbonyl (C=O) groups is 2. The molecule has 3 rings (SSSR count). The molecule has 0 radical (unpaired) electrons. The van der Waals surface area contributed by atoms with Gasteiger partial charge in [0, 0.05) is 12.6 Å². The van der Waals surface area contributed by atoms with Gasteiger partial charge in [0.25, 0.3) is 10.0 Å². The highest BCUT2D eigenvalue weighted by molar-refractivity contribution is 7.89. The molecule has 2 amide bonds. The summed E-state index contributed by atoms with van der Waals surface area (Å²) in [5.74, 6) is -1.22. The van der Waals surface area contributed by atoms with Crippen LogP contribution in [0.2, 0.25) is 0 Å². The van der Waals surface area contributed by atoms with Crippen molar-refractivity contribution in [3.63, 3.8) is 0 Å². The highest BCUT2D eigenvalue weighted by Gasteiger charge is 2.37. The number of nitrogens with one attached hydrogen (secondary N) is 2. The second-order valence-electron chi connectivity index (χ2n) is 5.76. The number of rotatable bonds is 5. The predicted octanol–water partition coefficient (Wildman–Crippen LogP) is -0.205. The average Bonchev–Trinajstić information content (AvgIpc) is 3.29. The number of H-pyrrole nitrogens is 1. The summed E-state index contributed by atoms with van der Waals surface area (Å²) in [4.78, 5) is 35.8. The molecule has 3 heterocycles. The second kappa shape index (κ2) is 7.38. The number of aryl methyl sites for hydroxylation is 1. The first-order chi connectivity index (χ1) is 13.2. The molecule has 0 aliphatic carbocycles. The number of ether oxygens (including phenoxy) is 2. The van der Waals surface area contributed by atoms with E-state index in [1.807, 2.05) is 0 Å². The normalized spacial score (nSPS) is 16.5. The van der Waals surface area contributed by atoms with Gasteiger partial charge in [0.2, 0.25) is 5.95 Å². The average molecular weight is 411 g/mol. The molecule has 1 atom stereocenters. The molecule has 1 aliphatic heterocycles. The fraction of sp³-hybridized carbons (Fsp3) is 0.429. The lowest BCUT2D eigenvalue weighted by atomic mass is 10.0. The minimum Gasteiger partial charge on any atom is -0.467 e. The van der Waals surface area contributed by atoms with Crippen LogP contribution in [0.4, 0.5) is 10.7 Å². The quantitative estimate of drug-likeness (QED) is 0.628. The molecule has 13 nitrogen and oxygen atoms in total. The highest BCUT2D eigenvalue weighted by atomic mass is 32.2. The van der Waals surface area contributed by atoms with Crippen LogP contribution < -0.4 is 10.1 Å². The van der Waals surface area contributed by atoms with Gasteiger partial charge in [0.1, 0.15) is 5.82 Å². The number of anilines is 1. The summed E-state index contributed by atoms with van der Waals surface area (Å²) in [6.07, 6.45) is 1.55. The van der Waals surface area contributed by atoms with Gasteiger partial charge in [-0.05, 0) is 13.3 Å². The lowest BCUT2D eigenvalue weighted by Gasteiger charge is -2.18. The summed E-state index contributed by atoms with van der Waals surface area (Å²) >= 11 is 0. The van der Waals surface area contributed by atoms with Gasteiger partial charge in [-0.15, -0.1) is 0 Å². The first-order valence-corrected chi connectivity index (χ1v) is 9.44. The van der Waals surface area contributed by atoms with Gasteiger partial charge in [-0.25, -0.2) is 9.10 Å². The van der Waals surface area contributed by atoms with Gasteiger partial charge in [0.05, 0.1) is 25.8 Å². The summed E-state index contributed by atoms with van der Waals surface area (Å²) in [6, 6.07) is -1.06. The molecule has 0 spiro atoms. The number of urea groups is 1. The Morgan fingerprint density at radius 2 is 2.14 bits per heavy atom. The van der Waals surface area contributed by atoms with E-state index >= 15 is 0 Å². The number of cyclic esters (lactones) is 1. The number of nitrogens with zero attached hydrogens (tertiary/aromatic N) is 5. The van der Waals surface area contributed by atoms with E-state index in [9.17, 15) is 18.0 Å². The Kier molecular flexibility index (Phi) is 5.13. The molecule has 0 saturated carbocycles. The van der Waals surface area contributed by atoms with Crippen LogP contribution in [-0.2, 0) is 19.6 Å². The summed E-state index contributed by atoms with van der Waals surface area (Å²) in [5, 5.41) is 7.95. The zero-order chi connectivity index (χ0) is 20.5. The molecule has 2 N–H and O–H groups in total. The Balaban J connectivity index is 1.85. The minimum atomic E-state index is -4.34. The molecule has 150 valence electrons. The van der Waals surface area contributed by atoms with Gasteiger partial charge >= 0.3 is 18.0 Å². The van der Waals surface area contributed by atoms with Crippen LogP contribution in [0.5, 0.6) is 6.01 Å². The summed E-state index contributed by atoms with van der Waals surface area (Å²) in [7, 11) is -1.95. The number of hydrogen-bond donors (Lipinski definition) is 2. The Hall–Kier alpha value is -3.29. The predicted molar refractivity (Wildman–Crippen MR) is 92.0 cm³/mol. The largest absolute Gasteiger partial charge is 0.467 e. The standard InChI is InChI=1S/C14H17N7O6S/c1-7-16-12(18-13(17-7)26-3)19-14(23)21(2)28(24,25)10-9(6-15-20-10)8-4-5-27-11(8)22/h6,8H,4-5H2,1-3H3,(H,15,20)(H,16,17,18,19,23). The molecule has 1 aliphatic rings. The molecule has 28 heavy (non-hydrogen) atoms. The van der Waals surface area contributed by atoms with Crippen molar-refractivity contribution in [2.75, 3.05) is 26.1 Å². The number of methoxy groups -OCH3 is 1. The zero-order valence-electron chi connectivity index (χ0n) is 15.2. The molecule has 1 saturated heterocycles. The van der Waals surface area contributed by atoms with E-state index in [0.717, 1.165) is 7.05 Å². The Labute approximate surface area is 159 Å². The van der Waals surface area contributed by atoms with E-state index < -0.39 is 27.9 Å². The Morgan fingerprint density at radius 1 is 1.39 bits per heavy atom. The molecular weight excluding hydrogens is 394 g/mol. The Morgan fingerprint density at radius 3 is 2.79 bits per heavy atom. The summed E-state index contributed by atoms with van der Waals surface area (Å²) < 4.78 is 35.9. The fourth-order valence-corrected chi connectivity index (χ4v) is 3.74.